The lowest BCUT2D eigenvalue weighted by atomic mass is 9.97. The number of pyridine rings is 1. The van der Waals surface area contributed by atoms with Gasteiger partial charge in [0.2, 0.25) is 10.0 Å². The monoisotopic (exact) mass is 405 g/mol. The van der Waals surface area contributed by atoms with E-state index in [0.29, 0.717) is 28.7 Å². The predicted octanol–water partition coefficient (Wildman–Crippen LogP) is 2.98. The molecule has 1 fully saturated rings. The van der Waals surface area contributed by atoms with Crippen LogP contribution in [0.2, 0.25) is 0 Å². The number of nitrogens with one attached hydrogen (secondary N) is 1. The highest BCUT2D eigenvalue weighted by Gasteiger charge is 2.27. The van der Waals surface area contributed by atoms with E-state index in [1.54, 1.807) is 11.6 Å². The first kappa shape index (κ1) is 20.8. The first-order chi connectivity index (χ1) is 13.2. The minimum absolute atomic E-state index is 0.129. The van der Waals surface area contributed by atoms with Gasteiger partial charge in [-0.2, -0.15) is 5.10 Å². The molecule has 2 aromatic rings. The van der Waals surface area contributed by atoms with Gasteiger partial charge in [0, 0.05) is 43.3 Å². The van der Waals surface area contributed by atoms with E-state index < -0.39 is 10.0 Å². The molecule has 0 radical (unpaired) electrons. The van der Waals surface area contributed by atoms with Crippen molar-refractivity contribution in [1.29, 1.82) is 0 Å². The molecule has 3 rings (SSSR count). The third-order valence-corrected chi connectivity index (χ3v) is 7.11. The Labute approximate surface area is 168 Å². The van der Waals surface area contributed by atoms with Gasteiger partial charge in [0.1, 0.15) is 4.90 Å². The number of rotatable bonds is 6. The fourth-order valence-corrected chi connectivity index (χ4v) is 5.47. The van der Waals surface area contributed by atoms with E-state index in [0.717, 1.165) is 31.6 Å². The summed E-state index contributed by atoms with van der Waals surface area (Å²) in [6, 6.07) is 4.26. The molecule has 0 aromatic carbocycles. The Kier molecular flexibility index (Phi) is 6.09. The molecule has 1 aliphatic heterocycles. The zero-order valence-electron chi connectivity index (χ0n) is 17.4. The van der Waals surface area contributed by atoms with E-state index >= 15 is 0 Å². The van der Waals surface area contributed by atoms with Crippen LogP contribution < -0.4 is 9.62 Å². The minimum atomic E-state index is -3.56. The van der Waals surface area contributed by atoms with Crippen molar-refractivity contribution in [3.63, 3.8) is 0 Å². The van der Waals surface area contributed by atoms with Crippen molar-refractivity contribution in [2.75, 3.05) is 24.5 Å². The Morgan fingerprint density at radius 2 is 1.89 bits per heavy atom. The Morgan fingerprint density at radius 3 is 2.46 bits per heavy atom. The van der Waals surface area contributed by atoms with Crippen molar-refractivity contribution in [2.45, 2.75) is 58.4 Å². The summed E-state index contributed by atoms with van der Waals surface area (Å²) in [5.74, 6) is 0.342. The van der Waals surface area contributed by atoms with Gasteiger partial charge in [0.25, 0.3) is 0 Å². The molecule has 0 amide bonds. The second-order valence-electron chi connectivity index (χ2n) is 7.98. The highest BCUT2D eigenvalue weighted by atomic mass is 32.2. The number of hydrogen-bond donors (Lipinski definition) is 1. The molecule has 0 saturated carbocycles. The number of piperidine rings is 1. The van der Waals surface area contributed by atoms with Crippen LogP contribution in [0.5, 0.6) is 0 Å². The van der Waals surface area contributed by atoms with Crippen molar-refractivity contribution >= 4 is 15.7 Å². The molecule has 8 heteroatoms. The molecule has 154 valence electrons. The van der Waals surface area contributed by atoms with Crippen LogP contribution in [0.1, 0.15) is 49.8 Å². The molecule has 1 aliphatic rings. The number of aromatic nitrogens is 3. The Morgan fingerprint density at radius 1 is 1.21 bits per heavy atom. The maximum atomic E-state index is 12.9. The lowest BCUT2D eigenvalue weighted by molar-refractivity contribution is 0.402. The SMILES string of the molecule is Cc1cc(N2CCC(CNS(=O)(=O)c3c(C)nn(C(C)C)c3C)CC2)ccn1. The fraction of sp³-hybridized carbons (Fsp3) is 0.600. The van der Waals surface area contributed by atoms with Crippen LogP contribution in [0.25, 0.3) is 0 Å². The van der Waals surface area contributed by atoms with E-state index in [1.807, 2.05) is 40.0 Å². The molecule has 1 saturated heterocycles. The van der Waals surface area contributed by atoms with Crippen LogP contribution in [0, 0.1) is 26.7 Å². The average Bonchev–Trinajstić information content (AvgIpc) is 2.96. The van der Waals surface area contributed by atoms with Gasteiger partial charge >= 0.3 is 0 Å². The number of nitrogens with zero attached hydrogens (tertiary/aromatic N) is 4. The van der Waals surface area contributed by atoms with Crippen LogP contribution in [0.4, 0.5) is 5.69 Å². The highest BCUT2D eigenvalue weighted by molar-refractivity contribution is 7.89. The van der Waals surface area contributed by atoms with Crippen LogP contribution in [0.3, 0.4) is 0 Å². The van der Waals surface area contributed by atoms with Gasteiger partial charge in [-0.15, -0.1) is 0 Å². The zero-order valence-corrected chi connectivity index (χ0v) is 18.3. The summed E-state index contributed by atoms with van der Waals surface area (Å²) in [7, 11) is -3.56. The summed E-state index contributed by atoms with van der Waals surface area (Å²) < 4.78 is 30.4. The molecule has 0 unspecified atom stereocenters. The summed E-state index contributed by atoms with van der Waals surface area (Å²) in [5, 5.41) is 4.41. The van der Waals surface area contributed by atoms with Crippen molar-refractivity contribution < 1.29 is 8.42 Å². The zero-order chi connectivity index (χ0) is 20.5. The molecule has 0 aliphatic carbocycles. The number of aryl methyl sites for hydroxylation is 2. The molecule has 0 bridgehead atoms. The first-order valence-electron chi connectivity index (χ1n) is 9.92. The maximum absolute atomic E-state index is 12.9. The predicted molar refractivity (Wildman–Crippen MR) is 111 cm³/mol. The van der Waals surface area contributed by atoms with E-state index in [1.165, 1.54) is 5.69 Å². The molecule has 2 aromatic heterocycles. The van der Waals surface area contributed by atoms with Gasteiger partial charge in [-0.3, -0.25) is 9.67 Å². The highest BCUT2D eigenvalue weighted by Crippen LogP contribution is 2.25. The van der Waals surface area contributed by atoms with Crippen molar-refractivity contribution in [1.82, 2.24) is 19.5 Å². The molecule has 7 nitrogen and oxygen atoms in total. The smallest absolute Gasteiger partial charge is 0.244 e. The summed E-state index contributed by atoms with van der Waals surface area (Å²) in [4.78, 5) is 6.92. The topological polar surface area (TPSA) is 80.1 Å². The average molecular weight is 406 g/mol. The normalized spacial score (nSPS) is 16.1. The summed E-state index contributed by atoms with van der Waals surface area (Å²) >= 11 is 0. The number of anilines is 1. The van der Waals surface area contributed by atoms with Gasteiger partial charge in [-0.25, -0.2) is 13.1 Å². The van der Waals surface area contributed by atoms with E-state index in [2.05, 4.69) is 25.8 Å². The van der Waals surface area contributed by atoms with Gasteiger partial charge in [-0.1, -0.05) is 0 Å². The van der Waals surface area contributed by atoms with Crippen molar-refractivity contribution in [3.05, 3.63) is 35.4 Å². The maximum Gasteiger partial charge on any atom is 0.244 e. The third-order valence-electron chi connectivity index (χ3n) is 5.44. The molecular formula is C20H31N5O2S. The molecule has 28 heavy (non-hydrogen) atoms. The number of sulfonamides is 1. The second kappa shape index (κ2) is 8.21. The van der Waals surface area contributed by atoms with Crippen LogP contribution in [0.15, 0.2) is 23.2 Å². The first-order valence-corrected chi connectivity index (χ1v) is 11.4. The Hall–Kier alpha value is -1.93. The summed E-state index contributed by atoms with van der Waals surface area (Å²) in [6.07, 6.45) is 3.77. The minimum Gasteiger partial charge on any atom is -0.371 e. The molecule has 3 heterocycles. The van der Waals surface area contributed by atoms with Crippen LogP contribution in [-0.2, 0) is 10.0 Å². The summed E-state index contributed by atoms with van der Waals surface area (Å²) in [6.45, 7) is 11.9. The quantitative estimate of drug-likeness (QED) is 0.799. The lowest BCUT2D eigenvalue weighted by Gasteiger charge is -2.33. The van der Waals surface area contributed by atoms with E-state index in [-0.39, 0.29) is 6.04 Å². The van der Waals surface area contributed by atoms with E-state index in [4.69, 9.17) is 0 Å². The van der Waals surface area contributed by atoms with Gasteiger partial charge < -0.3 is 4.90 Å². The number of hydrogen-bond acceptors (Lipinski definition) is 5. The van der Waals surface area contributed by atoms with Crippen LogP contribution in [-0.4, -0.2) is 42.8 Å². The lowest BCUT2D eigenvalue weighted by Crippen LogP contribution is -2.38. The third kappa shape index (κ3) is 4.38. The fourth-order valence-electron chi connectivity index (χ4n) is 3.96. The molecule has 1 N–H and O–H groups in total. The van der Waals surface area contributed by atoms with Crippen molar-refractivity contribution in [2.24, 2.45) is 5.92 Å². The van der Waals surface area contributed by atoms with Crippen molar-refractivity contribution in [3.8, 4) is 0 Å². The van der Waals surface area contributed by atoms with Gasteiger partial charge in [0.15, 0.2) is 0 Å². The second-order valence-corrected chi connectivity index (χ2v) is 9.68. The van der Waals surface area contributed by atoms with Gasteiger partial charge in [0.05, 0.1) is 11.4 Å². The van der Waals surface area contributed by atoms with Crippen LogP contribution >= 0.6 is 0 Å². The Balaban J connectivity index is 1.61. The molecule has 0 spiro atoms. The summed E-state index contributed by atoms with van der Waals surface area (Å²) in [5.41, 5.74) is 3.46. The van der Waals surface area contributed by atoms with E-state index in [9.17, 15) is 8.42 Å². The standard InChI is InChI=1S/C20H31N5O2S/c1-14(2)25-17(5)20(16(4)23-25)28(26,27)22-13-18-7-10-24(11-8-18)19-6-9-21-15(3)12-19/h6,9,12,14,18,22H,7-8,10-11,13H2,1-5H3. The van der Waals surface area contributed by atoms with Gasteiger partial charge in [-0.05, 0) is 65.5 Å². The largest absolute Gasteiger partial charge is 0.371 e. The molecule has 0 atom stereocenters. The molecular weight excluding hydrogens is 374 g/mol. The Bertz CT molecular complexity index is 928.